The fourth-order valence-electron chi connectivity index (χ4n) is 1.46. The number of rotatable bonds is 3. The summed E-state index contributed by atoms with van der Waals surface area (Å²) < 4.78 is 4.98. The highest BCUT2D eigenvalue weighted by Gasteiger charge is 1.87. The van der Waals surface area contributed by atoms with Crippen LogP contribution in [0.15, 0.2) is 67.8 Å². The van der Waals surface area contributed by atoms with Crippen LogP contribution in [0.2, 0.25) is 0 Å². The lowest BCUT2D eigenvalue weighted by molar-refractivity contribution is 0.415. The van der Waals surface area contributed by atoms with Gasteiger partial charge in [-0.1, -0.05) is 67.3 Å². The van der Waals surface area contributed by atoms with Gasteiger partial charge >= 0.3 is 0 Å². The van der Waals surface area contributed by atoms with Crippen LogP contribution in [0.4, 0.5) is 0 Å². The molecular weight excluding hydrogens is 232 g/mol. The lowest BCUT2D eigenvalue weighted by atomic mass is 10.1. The fraction of sp³-hybridized carbons (Fsp3) is 0.111. The Labute approximate surface area is 115 Å². The highest BCUT2D eigenvalue weighted by molar-refractivity contribution is 5.60. The van der Waals surface area contributed by atoms with Gasteiger partial charge in [-0.2, -0.15) is 0 Å². The van der Waals surface area contributed by atoms with Crippen LogP contribution < -0.4 is 4.74 Å². The number of ether oxygens (including phenoxy) is 1. The second kappa shape index (κ2) is 7.93. The quantitative estimate of drug-likeness (QED) is 0.742. The summed E-state index contributed by atoms with van der Waals surface area (Å²) in [5.41, 5.74) is 3.45. The molecule has 98 valence electrons. The zero-order valence-corrected chi connectivity index (χ0v) is 11.6. The van der Waals surface area contributed by atoms with Gasteiger partial charge in [-0.3, -0.25) is 0 Å². The van der Waals surface area contributed by atoms with Crippen molar-refractivity contribution in [2.45, 2.75) is 6.92 Å². The third kappa shape index (κ3) is 5.26. The Morgan fingerprint density at radius 1 is 1.00 bits per heavy atom. The van der Waals surface area contributed by atoms with E-state index in [1.165, 1.54) is 5.56 Å². The van der Waals surface area contributed by atoms with Crippen molar-refractivity contribution in [3.63, 3.8) is 0 Å². The molecule has 0 amide bonds. The van der Waals surface area contributed by atoms with Gasteiger partial charge in [0.05, 0.1) is 7.11 Å². The molecule has 1 nitrogen and oxygen atoms in total. The second-order valence-corrected chi connectivity index (χ2v) is 4.12. The zero-order chi connectivity index (χ0) is 14.1. The lowest BCUT2D eigenvalue weighted by Gasteiger charge is -1.97. The molecule has 0 aliphatic rings. The van der Waals surface area contributed by atoms with E-state index in [9.17, 15) is 0 Å². The average Bonchev–Trinajstić information content (AvgIpc) is 2.49. The van der Waals surface area contributed by atoms with Crippen molar-refractivity contribution < 1.29 is 4.74 Å². The van der Waals surface area contributed by atoms with Gasteiger partial charge < -0.3 is 4.74 Å². The number of benzene rings is 2. The van der Waals surface area contributed by atoms with Crippen LogP contribution in [-0.2, 0) is 0 Å². The maximum absolute atomic E-state index is 4.98. The van der Waals surface area contributed by atoms with E-state index in [1.807, 2.05) is 49.4 Å². The second-order valence-electron chi connectivity index (χ2n) is 4.12. The molecule has 0 saturated carbocycles. The Hall–Kier alpha value is -2.28. The Bertz CT molecular complexity index is 509. The molecule has 0 fully saturated rings. The maximum atomic E-state index is 4.98. The van der Waals surface area contributed by atoms with Gasteiger partial charge in [0.1, 0.15) is 5.75 Å². The number of allylic oxidation sites excluding steroid dienone is 1. The number of hydrogen-bond donors (Lipinski definition) is 0. The van der Waals surface area contributed by atoms with Crippen LogP contribution in [0, 0.1) is 0 Å². The van der Waals surface area contributed by atoms with Crippen molar-refractivity contribution in [1.82, 2.24) is 0 Å². The first-order chi connectivity index (χ1) is 9.17. The van der Waals surface area contributed by atoms with Crippen molar-refractivity contribution in [1.29, 1.82) is 0 Å². The Kier molecular flexibility index (Phi) is 6.17. The first-order valence-electron chi connectivity index (χ1n) is 6.14. The van der Waals surface area contributed by atoms with E-state index < -0.39 is 0 Å². The predicted octanol–water partition coefficient (Wildman–Crippen LogP) is 5.06. The van der Waals surface area contributed by atoms with Crippen LogP contribution in [0.5, 0.6) is 5.75 Å². The third-order valence-electron chi connectivity index (χ3n) is 2.62. The smallest absolute Gasteiger partial charge is 0.118 e. The van der Waals surface area contributed by atoms with Gasteiger partial charge in [0.2, 0.25) is 0 Å². The van der Waals surface area contributed by atoms with Crippen LogP contribution in [0.1, 0.15) is 18.1 Å². The topological polar surface area (TPSA) is 9.23 Å². The standard InChI is InChI=1S/C9H10O.C9H10/c1-3-8-4-6-9(10-2)7-5-8;1-8(2)9-6-4-3-5-7-9/h3-7H,1H2,2H3;3-7H,1H2,2H3. The van der Waals surface area contributed by atoms with Gasteiger partial charge in [0.15, 0.2) is 0 Å². The average molecular weight is 252 g/mol. The van der Waals surface area contributed by atoms with E-state index >= 15 is 0 Å². The minimum atomic E-state index is 0.880. The predicted molar refractivity (Wildman–Crippen MR) is 84.2 cm³/mol. The lowest BCUT2D eigenvalue weighted by Crippen LogP contribution is -1.80. The van der Waals surface area contributed by atoms with Gasteiger partial charge in [0.25, 0.3) is 0 Å². The summed E-state index contributed by atoms with van der Waals surface area (Å²) in [5, 5.41) is 0. The van der Waals surface area contributed by atoms with Crippen molar-refractivity contribution >= 4 is 11.6 Å². The zero-order valence-electron chi connectivity index (χ0n) is 11.6. The van der Waals surface area contributed by atoms with Gasteiger partial charge in [-0.25, -0.2) is 0 Å². The first-order valence-corrected chi connectivity index (χ1v) is 6.14. The molecule has 0 N–H and O–H groups in total. The van der Waals surface area contributed by atoms with Gasteiger partial charge in [-0.05, 0) is 30.2 Å². The molecule has 0 unspecified atom stereocenters. The van der Waals surface area contributed by atoms with E-state index in [4.69, 9.17) is 4.74 Å². The summed E-state index contributed by atoms with van der Waals surface area (Å²) in [6.45, 7) is 9.48. The van der Waals surface area contributed by atoms with E-state index in [1.54, 1.807) is 13.2 Å². The van der Waals surface area contributed by atoms with E-state index in [-0.39, 0.29) is 0 Å². The molecule has 0 radical (unpaired) electrons. The molecule has 2 rings (SSSR count). The minimum absolute atomic E-state index is 0.880. The molecule has 0 bridgehead atoms. The van der Waals surface area contributed by atoms with Crippen LogP contribution in [0.3, 0.4) is 0 Å². The van der Waals surface area contributed by atoms with Crippen molar-refractivity contribution in [3.05, 3.63) is 78.9 Å². The molecule has 0 heterocycles. The molecule has 2 aromatic carbocycles. The summed E-state index contributed by atoms with van der Waals surface area (Å²) in [4.78, 5) is 0. The normalized spacial score (nSPS) is 8.95. The van der Waals surface area contributed by atoms with Crippen LogP contribution in [0.25, 0.3) is 11.6 Å². The monoisotopic (exact) mass is 252 g/mol. The summed E-state index contributed by atoms with van der Waals surface area (Å²) in [6, 6.07) is 17.9. The molecular formula is C18H20O. The maximum Gasteiger partial charge on any atom is 0.118 e. The number of hydrogen-bond acceptors (Lipinski definition) is 1. The Morgan fingerprint density at radius 3 is 1.95 bits per heavy atom. The van der Waals surface area contributed by atoms with Crippen molar-refractivity contribution in [2.24, 2.45) is 0 Å². The summed E-state index contributed by atoms with van der Waals surface area (Å²) in [5.74, 6) is 0.880. The molecule has 1 heteroatoms. The molecule has 0 spiro atoms. The highest BCUT2D eigenvalue weighted by atomic mass is 16.5. The van der Waals surface area contributed by atoms with Gasteiger partial charge in [0, 0.05) is 0 Å². The van der Waals surface area contributed by atoms with Gasteiger partial charge in [-0.15, -0.1) is 0 Å². The van der Waals surface area contributed by atoms with Crippen LogP contribution >= 0.6 is 0 Å². The molecule has 0 atom stereocenters. The molecule has 2 aromatic rings. The largest absolute Gasteiger partial charge is 0.497 e. The summed E-state index contributed by atoms with van der Waals surface area (Å²) in [7, 11) is 1.66. The fourth-order valence-corrected chi connectivity index (χ4v) is 1.46. The highest BCUT2D eigenvalue weighted by Crippen LogP contribution is 2.11. The molecule has 0 saturated heterocycles. The third-order valence-corrected chi connectivity index (χ3v) is 2.62. The Balaban J connectivity index is 0.000000191. The Morgan fingerprint density at radius 2 is 1.58 bits per heavy atom. The van der Waals surface area contributed by atoms with Crippen LogP contribution in [-0.4, -0.2) is 7.11 Å². The number of methoxy groups -OCH3 is 1. The van der Waals surface area contributed by atoms with E-state index in [2.05, 4.69) is 25.3 Å². The summed E-state index contributed by atoms with van der Waals surface area (Å²) in [6.07, 6.45) is 1.80. The molecule has 0 aromatic heterocycles. The first kappa shape index (κ1) is 14.8. The van der Waals surface area contributed by atoms with E-state index in [0.717, 1.165) is 16.9 Å². The SMILES string of the molecule is C=C(C)c1ccccc1.C=Cc1ccc(OC)cc1. The summed E-state index contributed by atoms with van der Waals surface area (Å²) >= 11 is 0. The minimum Gasteiger partial charge on any atom is -0.497 e. The van der Waals surface area contributed by atoms with Crippen molar-refractivity contribution in [3.8, 4) is 5.75 Å². The molecule has 0 aliphatic carbocycles. The van der Waals surface area contributed by atoms with E-state index in [0.29, 0.717) is 0 Å². The molecule has 0 aliphatic heterocycles. The van der Waals surface area contributed by atoms with Crippen molar-refractivity contribution in [2.75, 3.05) is 7.11 Å². The molecule has 19 heavy (non-hydrogen) atoms.